The molecule has 1 amide bonds. The lowest BCUT2D eigenvalue weighted by Crippen LogP contribution is -2.23. The summed E-state index contributed by atoms with van der Waals surface area (Å²) >= 11 is 0. The van der Waals surface area contributed by atoms with Gasteiger partial charge in [0.05, 0.1) is 16.3 Å². The number of aromatic nitrogens is 2. The second kappa shape index (κ2) is 10.5. The molecule has 1 N–H and O–H groups in total. The highest BCUT2D eigenvalue weighted by molar-refractivity contribution is 6.09. The monoisotopic (exact) mass is 499 g/mol. The van der Waals surface area contributed by atoms with Crippen LogP contribution in [0, 0.1) is 28.4 Å². The first kappa shape index (κ1) is 24.7. The van der Waals surface area contributed by atoms with Crippen molar-refractivity contribution in [2.75, 3.05) is 5.32 Å². The van der Waals surface area contributed by atoms with Crippen molar-refractivity contribution in [3.05, 3.63) is 110 Å². The van der Waals surface area contributed by atoms with Gasteiger partial charge in [0.2, 0.25) is 0 Å². The van der Waals surface area contributed by atoms with Crippen molar-refractivity contribution in [3.8, 4) is 17.5 Å². The molecular formula is C26H21N5O6. The smallest absolute Gasteiger partial charge is 0.295 e. The van der Waals surface area contributed by atoms with E-state index in [-0.39, 0.29) is 29.3 Å². The number of hydrogen-bond acceptors (Lipinski definition) is 7. The molecule has 11 heteroatoms. The fourth-order valence-electron chi connectivity index (χ4n) is 3.55. The van der Waals surface area contributed by atoms with Crippen LogP contribution in [-0.4, -0.2) is 20.2 Å². The SMILES string of the molecule is Cc1c(NC(=O)C(C#N)=Cc2ccc(COc3ccc([N+](=O)[O-])cc3)o2)c(=O)n(-c2ccccc2)n1C. The first-order valence-corrected chi connectivity index (χ1v) is 11.0. The van der Waals surface area contributed by atoms with Crippen LogP contribution >= 0.6 is 0 Å². The Labute approximate surface area is 210 Å². The van der Waals surface area contributed by atoms with Gasteiger partial charge in [0.25, 0.3) is 17.2 Å². The number of carbonyl (C=O) groups is 1. The fraction of sp³-hybridized carbons (Fsp3) is 0.115. The highest BCUT2D eigenvalue weighted by Crippen LogP contribution is 2.20. The number of nitrogens with one attached hydrogen (secondary N) is 1. The van der Waals surface area contributed by atoms with Crippen LogP contribution in [0.1, 0.15) is 17.2 Å². The van der Waals surface area contributed by atoms with Gasteiger partial charge in [-0.05, 0) is 43.3 Å². The van der Waals surface area contributed by atoms with Crippen molar-refractivity contribution >= 4 is 23.4 Å². The van der Waals surface area contributed by atoms with E-state index >= 15 is 0 Å². The van der Waals surface area contributed by atoms with Crippen LogP contribution in [0.15, 0.2) is 81.5 Å². The first-order valence-electron chi connectivity index (χ1n) is 11.0. The molecule has 37 heavy (non-hydrogen) atoms. The Hall–Kier alpha value is -5.37. The molecular weight excluding hydrogens is 478 g/mol. The number of nitriles is 1. The fourth-order valence-corrected chi connectivity index (χ4v) is 3.55. The standard InChI is InChI=1S/C26H21N5O6/c1-17-24(26(33)30(29(17)2)19-6-4-3-5-7-19)28-25(32)18(15-27)14-22-12-13-23(37-22)16-36-21-10-8-20(9-11-21)31(34)35/h3-14H,16H2,1-2H3,(H,28,32). The summed E-state index contributed by atoms with van der Waals surface area (Å²) in [6.45, 7) is 1.72. The molecule has 0 atom stereocenters. The zero-order chi connectivity index (χ0) is 26.5. The minimum atomic E-state index is -0.756. The number of anilines is 1. The predicted molar refractivity (Wildman–Crippen MR) is 134 cm³/mol. The molecule has 0 aliphatic carbocycles. The normalized spacial score (nSPS) is 11.1. The van der Waals surface area contributed by atoms with Crippen molar-refractivity contribution in [2.24, 2.45) is 7.05 Å². The quantitative estimate of drug-likeness (QED) is 0.166. The number of hydrogen-bond donors (Lipinski definition) is 1. The maximum Gasteiger partial charge on any atom is 0.295 e. The number of para-hydroxylation sites is 1. The van der Waals surface area contributed by atoms with Gasteiger partial charge in [-0.3, -0.25) is 24.4 Å². The van der Waals surface area contributed by atoms with Crippen LogP contribution in [0.3, 0.4) is 0 Å². The van der Waals surface area contributed by atoms with Gasteiger partial charge in [-0.15, -0.1) is 0 Å². The van der Waals surface area contributed by atoms with Crippen LogP contribution in [-0.2, 0) is 18.4 Å². The molecule has 4 aromatic rings. The zero-order valence-electron chi connectivity index (χ0n) is 19.9. The third kappa shape index (κ3) is 5.33. The number of rotatable bonds is 8. The molecule has 0 bridgehead atoms. The number of carbonyl (C=O) groups excluding carboxylic acids is 1. The highest BCUT2D eigenvalue weighted by Gasteiger charge is 2.20. The Kier molecular flexibility index (Phi) is 7.02. The Bertz CT molecular complexity index is 1590. The van der Waals surface area contributed by atoms with Crippen molar-refractivity contribution in [1.82, 2.24) is 9.36 Å². The highest BCUT2D eigenvalue weighted by atomic mass is 16.6. The molecule has 0 fully saturated rings. The van der Waals surface area contributed by atoms with Crippen LogP contribution in [0.2, 0.25) is 0 Å². The van der Waals surface area contributed by atoms with E-state index in [1.807, 2.05) is 12.1 Å². The largest absolute Gasteiger partial charge is 0.486 e. The molecule has 2 heterocycles. The molecule has 4 rings (SSSR count). The third-order valence-electron chi connectivity index (χ3n) is 5.56. The Morgan fingerprint density at radius 1 is 1.16 bits per heavy atom. The minimum Gasteiger partial charge on any atom is -0.486 e. The second-order valence-electron chi connectivity index (χ2n) is 7.90. The van der Waals surface area contributed by atoms with Crippen molar-refractivity contribution in [2.45, 2.75) is 13.5 Å². The predicted octanol–water partition coefficient (Wildman–Crippen LogP) is 4.11. The lowest BCUT2D eigenvalue weighted by Gasteiger charge is -2.07. The van der Waals surface area contributed by atoms with Crippen LogP contribution in [0.25, 0.3) is 11.8 Å². The number of amides is 1. The number of nitro benzene ring substituents is 1. The summed E-state index contributed by atoms with van der Waals surface area (Å²) < 4.78 is 14.2. The van der Waals surface area contributed by atoms with Crippen molar-refractivity contribution in [1.29, 1.82) is 5.26 Å². The lowest BCUT2D eigenvalue weighted by molar-refractivity contribution is -0.384. The van der Waals surface area contributed by atoms with E-state index in [1.165, 1.54) is 35.0 Å². The lowest BCUT2D eigenvalue weighted by atomic mass is 10.2. The summed E-state index contributed by atoms with van der Waals surface area (Å²) in [6.07, 6.45) is 1.26. The summed E-state index contributed by atoms with van der Waals surface area (Å²) in [4.78, 5) is 36.1. The van der Waals surface area contributed by atoms with Gasteiger partial charge in [0, 0.05) is 25.3 Å². The number of non-ortho nitro benzene ring substituents is 1. The zero-order valence-corrected chi connectivity index (χ0v) is 19.9. The molecule has 0 spiro atoms. The Morgan fingerprint density at radius 2 is 1.86 bits per heavy atom. The van der Waals surface area contributed by atoms with Gasteiger partial charge in [-0.25, -0.2) is 4.68 Å². The summed E-state index contributed by atoms with van der Waals surface area (Å²) in [5.41, 5.74) is 0.474. The summed E-state index contributed by atoms with van der Waals surface area (Å²) in [5, 5.41) is 22.8. The number of ether oxygens (including phenoxy) is 1. The van der Waals surface area contributed by atoms with Crippen molar-refractivity contribution in [3.63, 3.8) is 0 Å². The Balaban J connectivity index is 1.47. The van der Waals surface area contributed by atoms with E-state index < -0.39 is 16.4 Å². The summed E-state index contributed by atoms with van der Waals surface area (Å²) in [6, 6.07) is 19.6. The van der Waals surface area contributed by atoms with Crippen LogP contribution in [0.4, 0.5) is 11.4 Å². The van der Waals surface area contributed by atoms with E-state index in [1.54, 1.807) is 55.1 Å². The minimum absolute atomic E-state index is 0.0297. The van der Waals surface area contributed by atoms with Gasteiger partial charge in [0.1, 0.15) is 41.2 Å². The van der Waals surface area contributed by atoms with Gasteiger partial charge in [-0.2, -0.15) is 5.26 Å². The molecule has 0 aliphatic rings. The molecule has 0 saturated carbocycles. The maximum absolute atomic E-state index is 13.0. The van der Waals surface area contributed by atoms with E-state index in [2.05, 4.69) is 5.32 Å². The van der Waals surface area contributed by atoms with Gasteiger partial charge >= 0.3 is 0 Å². The molecule has 186 valence electrons. The second-order valence-corrected chi connectivity index (χ2v) is 7.90. The van der Waals surface area contributed by atoms with Crippen LogP contribution < -0.4 is 15.6 Å². The molecule has 0 radical (unpaired) electrons. The molecule has 2 aromatic carbocycles. The average Bonchev–Trinajstić information content (AvgIpc) is 3.44. The molecule has 0 unspecified atom stereocenters. The number of furan rings is 1. The van der Waals surface area contributed by atoms with E-state index in [4.69, 9.17) is 9.15 Å². The van der Waals surface area contributed by atoms with Gasteiger partial charge in [0.15, 0.2) is 0 Å². The van der Waals surface area contributed by atoms with Gasteiger partial charge < -0.3 is 14.5 Å². The first-order chi connectivity index (χ1) is 17.8. The number of nitro groups is 1. The van der Waals surface area contributed by atoms with Crippen molar-refractivity contribution < 1.29 is 18.9 Å². The summed E-state index contributed by atoms with van der Waals surface area (Å²) in [7, 11) is 1.70. The van der Waals surface area contributed by atoms with E-state index in [0.29, 0.717) is 22.9 Å². The molecule has 0 aliphatic heterocycles. The number of benzene rings is 2. The number of nitrogens with zero attached hydrogens (tertiary/aromatic N) is 4. The van der Waals surface area contributed by atoms with E-state index in [9.17, 15) is 25.0 Å². The van der Waals surface area contributed by atoms with Crippen LogP contribution in [0.5, 0.6) is 5.75 Å². The molecule has 0 saturated heterocycles. The van der Waals surface area contributed by atoms with Gasteiger partial charge in [-0.1, -0.05) is 18.2 Å². The maximum atomic E-state index is 13.0. The Morgan fingerprint density at radius 3 is 2.51 bits per heavy atom. The molecule has 2 aromatic heterocycles. The summed E-state index contributed by atoms with van der Waals surface area (Å²) in [5.74, 6) is 0.302. The third-order valence-corrected chi connectivity index (χ3v) is 5.56. The topological polar surface area (TPSA) is 145 Å². The van der Waals surface area contributed by atoms with E-state index in [0.717, 1.165) is 0 Å². The molecule has 11 nitrogen and oxygen atoms in total. The average molecular weight is 499 g/mol.